The Kier molecular flexibility index (Phi) is 9.47. The Hall–Kier alpha value is -2.18. The zero-order valence-corrected chi connectivity index (χ0v) is 20.8. The quantitative estimate of drug-likeness (QED) is 0.661. The first-order valence-corrected chi connectivity index (χ1v) is 11.7. The van der Waals surface area contributed by atoms with Gasteiger partial charge in [0.25, 0.3) is 5.91 Å². The number of rotatable bonds is 6. The predicted octanol–water partition coefficient (Wildman–Crippen LogP) is 5.22. The van der Waals surface area contributed by atoms with Gasteiger partial charge in [-0.05, 0) is 58.6 Å². The summed E-state index contributed by atoms with van der Waals surface area (Å²) < 4.78 is 11.1. The number of benzene rings is 1. The average Bonchev–Trinajstić information content (AvgIpc) is 3.15. The minimum atomic E-state index is -1.05. The Morgan fingerprint density at radius 2 is 1.94 bits per heavy atom. The fourth-order valence-corrected chi connectivity index (χ4v) is 4.06. The van der Waals surface area contributed by atoms with E-state index in [4.69, 9.17) is 9.15 Å². The molecule has 178 valence electrons. The number of aromatic nitrogens is 1. The number of hydrogen-bond acceptors (Lipinski definition) is 5. The van der Waals surface area contributed by atoms with Gasteiger partial charge in [0.1, 0.15) is 17.1 Å². The molecule has 6 nitrogen and oxygen atoms in total. The number of nitrogens with zero attached hydrogens (tertiary/aromatic N) is 2. The standard InChI is InChI=1S/C23H32N2O4.C3H8/c1-15-10-11-18(21-24-20(16(2)29-21)23(3,4)27)14-25(15)22(26)19-9-7-6-8-17(19)12-13-28-5;1-3-2/h6-9,15,18,27H,10-14H2,1-5H3;3H2,1-2H3/t15-,18?;/m1./s1. The van der Waals surface area contributed by atoms with Crippen LogP contribution in [0.15, 0.2) is 28.7 Å². The second-order valence-electron chi connectivity index (χ2n) is 9.20. The summed E-state index contributed by atoms with van der Waals surface area (Å²) in [7, 11) is 1.67. The minimum absolute atomic E-state index is 0.0242. The number of oxazole rings is 1. The highest BCUT2D eigenvalue weighted by Gasteiger charge is 2.35. The molecule has 3 rings (SSSR count). The van der Waals surface area contributed by atoms with Gasteiger partial charge in [-0.3, -0.25) is 4.79 Å². The van der Waals surface area contributed by atoms with Crippen LogP contribution in [0.4, 0.5) is 0 Å². The summed E-state index contributed by atoms with van der Waals surface area (Å²) in [5.74, 6) is 1.31. The third kappa shape index (κ3) is 6.42. The second-order valence-corrected chi connectivity index (χ2v) is 9.20. The van der Waals surface area contributed by atoms with E-state index in [-0.39, 0.29) is 17.9 Å². The summed E-state index contributed by atoms with van der Waals surface area (Å²) in [6, 6.07) is 7.90. The summed E-state index contributed by atoms with van der Waals surface area (Å²) in [5, 5.41) is 10.3. The van der Waals surface area contributed by atoms with Gasteiger partial charge in [0, 0.05) is 25.3 Å². The van der Waals surface area contributed by atoms with E-state index in [1.165, 1.54) is 6.42 Å². The number of methoxy groups -OCH3 is 1. The minimum Gasteiger partial charge on any atom is -0.445 e. The van der Waals surface area contributed by atoms with Gasteiger partial charge in [-0.2, -0.15) is 0 Å². The van der Waals surface area contributed by atoms with Gasteiger partial charge >= 0.3 is 0 Å². The zero-order valence-electron chi connectivity index (χ0n) is 20.8. The number of carbonyl (C=O) groups excluding carboxylic acids is 1. The van der Waals surface area contributed by atoms with E-state index in [0.29, 0.717) is 36.9 Å². The van der Waals surface area contributed by atoms with Gasteiger partial charge in [0.15, 0.2) is 5.89 Å². The molecule has 2 heterocycles. The molecule has 1 aromatic carbocycles. The zero-order chi connectivity index (χ0) is 23.9. The Morgan fingerprint density at radius 1 is 1.28 bits per heavy atom. The molecule has 1 fully saturated rings. The number of piperidine rings is 1. The Morgan fingerprint density at radius 3 is 2.53 bits per heavy atom. The molecule has 2 aromatic rings. The topological polar surface area (TPSA) is 75.8 Å². The SMILES string of the molecule is CCC.COCCc1ccccc1C(=O)N1CC(c2nc(C(C)(C)O)c(C)o2)CC[C@H]1C. The molecule has 0 saturated carbocycles. The van der Waals surface area contributed by atoms with Crippen LogP contribution in [0, 0.1) is 6.92 Å². The molecule has 1 aromatic heterocycles. The Labute approximate surface area is 193 Å². The van der Waals surface area contributed by atoms with Crippen LogP contribution in [-0.4, -0.2) is 47.2 Å². The third-order valence-electron chi connectivity index (χ3n) is 5.71. The van der Waals surface area contributed by atoms with E-state index in [1.807, 2.05) is 36.1 Å². The first-order chi connectivity index (χ1) is 15.1. The smallest absolute Gasteiger partial charge is 0.254 e. The lowest BCUT2D eigenvalue weighted by Crippen LogP contribution is -2.45. The predicted molar refractivity (Wildman–Crippen MR) is 127 cm³/mol. The maximum atomic E-state index is 13.4. The molecule has 2 atom stereocenters. The lowest BCUT2D eigenvalue weighted by molar-refractivity contribution is 0.0593. The van der Waals surface area contributed by atoms with Crippen molar-refractivity contribution in [3.05, 3.63) is 52.7 Å². The molecule has 6 heteroatoms. The van der Waals surface area contributed by atoms with Gasteiger partial charge < -0.3 is 19.2 Å². The normalized spacial score (nSPS) is 18.8. The van der Waals surface area contributed by atoms with E-state index in [1.54, 1.807) is 21.0 Å². The third-order valence-corrected chi connectivity index (χ3v) is 5.71. The fourth-order valence-electron chi connectivity index (χ4n) is 4.06. The van der Waals surface area contributed by atoms with E-state index in [9.17, 15) is 9.90 Å². The van der Waals surface area contributed by atoms with Crippen LogP contribution in [0.1, 0.15) is 93.1 Å². The van der Waals surface area contributed by atoms with Crippen LogP contribution in [0.2, 0.25) is 0 Å². The van der Waals surface area contributed by atoms with Crippen molar-refractivity contribution in [1.82, 2.24) is 9.88 Å². The van der Waals surface area contributed by atoms with Crippen molar-refractivity contribution >= 4 is 5.91 Å². The molecule has 1 aliphatic heterocycles. The summed E-state index contributed by atoms with van der Waals surface area (Å²) in [5.41, 5.74) is 1.25. The van der Waals surface area contributed by atoms with Crippen molar-refractivity contribution in [2.75, 3.05) is 20.3 Å². The van der Waals surface area contributed by atoms with Crippen molar-refractivity contribution in [2.24, 2.45) is 0 Å². The molecule has 1 saturated heterocycles. The van der Waals surface area contributed by atoms with E-state index in [2.05, 4.69) is 25.8 Å². The molecule has 0 radical (unpaired) electrons. The molecule has 1 N–H and O–H groups in total. The van der Waals surface area contributed by atoms with Gasteiger partial charge in [0.2, 0.25) is 0 Å². The number of hydrogen-bond donors (Lipinski definition) is 1. The van der Waals surface area contributed by atoms with Crippen molar-refractivity contribution in [3.63, 3.8) is 0 Å². The maximum Gasteiger partial charge on any atom is 0.254 e. The largest absolute Gasteiger partial charge is 0.445 e. The molecule has 0 spiro atoms. The average molecular weight is 445 g/mol. The first-order valence-electron chi connectivity index (χ1n) is 11.7. The number of amides is 1. The first kappa shape index (κ1) is 26.1. The molecule has 32 heavy (non-hydrogen) atoms. The van der Waals surface area contributed by atoms with Crippen LogP contribution in [0.5, 0.6) is 0 Å². The van der Waals surface area contributed by atoms with Crippen LogP contribution in [0.25, 0.3) is 0 Å². The summed E-state index contributed by atoms with van der Waals surface area (Å²) in [6.07, 6.45) is 3.75. The Bertz CT molecular complexity index is 869. The summed E-state index contributed by atoms with van der Waals surface area (Å²) in [6.45, 7) is 12.7. The Balaban J connectivity index is 0.00000114. The van der Waals surface area contributed by atoms with Gasteiger partial charge in [-0.25, -0.2) is 4.98 Å². The van der Waals surface area contributed by atoms with Gasteiger partial charge in [-0.15, -0.1) is 0 Å². The van der Waals surface area contributed by atoms with Crippen molar-refractivity contribution in [2.45, 2.75) is 84.8 Å². The van der Waals surface area contributed by atoms with Crippen molar-refractivity contribution in [1.29, 1.82) is 0 Å². The molecular weight excluding hydrogens is 404 g/mol. The van der Waals surface area contributed by atoms with E-state index < -0.39 is 5.60 Å². The molecule has 0 aliphatic carbocycles. The van der Waals surface area contributed by atoms with Crippen LogP contribution in [-0.2, 0) is 16.8 Å². The molecule has 1 aliphatic rings. The lowest BCUT2D eigenvalue weighted by atomic mass is 9.92. The van der Waals surface area contributed by atoms with Crippen molar-refractivity contribution < 1.29 is 19.1 Å². The summed E-state index contributed by atoms with van der Waals surface area (Å²) >= 11 is 0. The van der Waals surface area contributed by atoms with E-state index >= 15 is 0 Å². The molecule has 1 unspecified atom stereocenters. The lowest BCUT2D eigenvalue weighted by Gasteiger charge is -2.37. The second kappa shape index (κ2) is 11.6. The summed E-state index contributed by atoms with van der Waals surface area (Å²) in [4.78, 5) is 19.9. The highest BCUT2D eigenvalue weighted by Crippen LogP contribution is 2.34. The molecule has 1 amide bonds. The van der Waals surface area contributed by atoms with E-state index in [0.717, 1.165) is 24.0 Å². The fraction of sp³-hybridized carbons (Fsp3) is 0.615. The molecule has 0 bridgehead atoms. The highest BCUT2D eigenvalue weighted by atomic mass is 16.5. The van der Waals surface area contributed by atoms with Gasteiger partial charge in [0.05, 0.1) is 12.5 Å². The van der Waals surface area contributed by atoms with Gasteiger partial charge in [-0.1, -0.05) is 38.5 Å². The maximum absolute atomic E-state index is 13.4. The molecular formula is C26H40N2O4. The highest BCUT2D eigenvalue weighted by molar-refractivity contribution is 5.96. The number of carbonyl (C=O) groups is 1. The van der Waals surface area contributed by atoms with Crippen LogP contribution < -0.4 is 0 Å². The number of likely N-dealkylation sites (tertiary alicyclic amines) is 1. The number of ether oxygens (including phenoxy) is 1. The van der Waals surface area contributed by atoms with Crippen LogP contribution in [0.3, 0.4) is 0 Å². The number of aliphatic hydroxyl groups is 1. The van der Waals surface area contributed by atoms with Crippen molar-refractivity contribution in [3.8, 4) is 0 Å². The van der Waals surface area contributed by atoms with Crippen LogP contribution >= 0.6 is 0 Å². The monoisotopic (exact) mass is 444 g/mol. The number of aryl methyl sites for hydroxylation is 1.